The SMILES string of the molecule is CC1(C)CC(NCCc2coc3ccccc23)CN1. The van der Waals surface area contributed by atoms with Crippen LogP contribution in [0.1, 0.15) is 25.8 Å². The Hall–Kier alpha value is -1.32. The minimum Gasteiger partial charge on any atom is -0.464 e. The molecular weight excluding hydrogens is 236 g/mol. The molecule has 102 valence electrons. The molecule has 1 unspecified atom stereocenters. The first-order chi connectivity index (χ1) is 9.14. The van der Waals surface area contributed by atoms with Gasteiger partial charge in [0.15, 0.2) is 0 Å². The largest absolute Gasteiger partial charge is 0.464 e. The van der Waals surface area contributed by atoms with Crippen LogP contribution in [0.25, 0.3) is 11.0 Å². The van der Waals surface area contributed by atoms with Crippen LogP contribution >= 0.6 is 0 Å². The zero-order valence-corrected chi connectivity index (χ0v) is 11.7. The lowest BCUT2D eigenvalue weighted by Crippen LogP contribution is -2.32. The highest BCUT2D eigenvalue weighted by atomic mass is 16.3. The second-order valence-corrected chi connectivity index (χ2v) is 6.13. The Kier molecular flexibility index (Phi) is 3.33. The van der Waals surface area contributed by atoms with Crippen LogP contribution in [-0.4, -0.2) is 24.7 Å². The molecule has 19 heavy (non-hydrogen) atoms. The summed E-state index contributed by atoms with van der Waals surface area (Å²) in [7, 11) is 0. The first kappa shape index (κ1) is 12.7. The second kappa shape index (κ2) is 4.99. The molecule has 0 aliphatic carbocycles. The van der Waals surface area contributed by atoms with Crippen molar-refractivity contribution in [3.05, 3.63) is 36.1 Å². The molecule has 1 saturated heterocycles. The van der Waals surface area contributed by atoms with Gasteiger partial charge in [-0.25, -0.2) is 0 Å². The predicted molar refractivity (Wildman–Crippen MR) is 78.4 cm³/mol. The molecule has 2 aromatic rings. The van der Waals surface area contributed by atoms with Crippen molar-refractivity contribution < 1.29 is 4.42 Å². The number of hydrogen-bond acceptors (Lipinski definition) is 3. The number of rotatable bonds is 4. The van der Waals surface area contributed by atoms with E-state index in [-0.39, 0.29) is 5.54 Å². The van der Waals surface area contributed by atoms with E-state index in [9.17, 15) is 0 Å². The summed E-state index contributed by atoms with van der Waals surface area (Å²) in [6.07, 6.45) is 4.11. The van der Waals surface area contributed by atoms with Crippen LogP contribution in [0.5, 0.6) is 0 Å². The quantitative estimate of drug-likeness (QED) is 0.885. The third-order valence-electron chi connectivity index (χ3n) is 3.97. The lowest BCUT2D eigenvalue weighted by atomic mass is 10.0. The van der Waals surface area contributed by atoms with Gasteiger partial charge in [-0.2, -0.15) is 0 Å². The Morgan fingerprint density at radius 2 is 2.21 bits per heavy atom. The highest BCUT2D eigenvalue weighted by molar-refractivity contribution is 5.80. The van der Waals surface area contributed by atoms with Crippen LogP contribution in [-0.2, 0) is 6.42 Å². The molecule has 0 amide bonds. The van der Waals surface area contributed by atoms with Crippen LogP contribution in [0.3, 0.4) is 0 Å². The average Bonchev–Trinajstić information content (AvgIpc) is 2.94. The summed E-state index contributed by atoms with van der Waals surface area (Å²) in [6.45, 7) is 6.60. The summed E-state index contributed by atoms with van der Waals surface area (Å²) in [6, 6.07) is 8.83. The van der Waals surface area contributed by atoms with E-state index in [4.69, 9.17) is 4.42 Å². The maximum atomic E-state index is 5.56. The Bertz CT molecular complexity index is 559. The van der Waals surface area contributed by atoms with Gasteiger partial charge >= 0.3 is 0 Å². The molecule has 0 saturated carbocycles. The first-order valence-electron chi connectivity index (χ1n) is 7.08. The molecule has 0 radical (unpaired) electrons. The fourth-order valence-corrected chi connectivity index (χ4v) is 2.94. The molecule has 1 atom stereocenters. The van der Waals surface area contributed by atoms with Gasteiger partial charge in [-0.05, 0) is 44.9 Å². The molecule has 1 aromatic heterocycles. The number of hydrogen-bond donors (Lipinski definition) is 2. The highest BCUT2D eigenvalue weighted by Gasteiger charge is 2.29. The van der Waals surface area contributed by atoms with Crippen molar-refractivity contribution in [1.29, 1.82) is 0 Å². The molecular formula is C16H22N2O. The van der Waals surface area contributed by atoms with Crippen molar-refractivity contribution in [1.82, 2.24) is 10.6 Å². The second-order valence-electron chi connectivity index (χ2n) is 6.13. The number of fused-ring (bicyclic) bond motifs is 1. The lowest BCUT2D eigenvalue weighted by Gasteiger charge is -2.17. The Morgan fingerprint density at radius 3 is 3.00 bits per heavy atom. The van der Waals surface area contributed by atoms with Crippen molar-refractivity contribution >= 4 is 11.0 Å². The molecule has 1 fully saturated rings. The summed E-state index contributed by atoms with van der Waals surface area (Å²) < 4.78 is 5.56. The normalized spacial score (nSPS) is 22.1. The van der Waals surface area contributed by atoms with Crippen molar-refractivity contribution in [2.45, 2.75) is 38.3 Å². The van der Waals surface area contributed by atoms with Crippen LogP contribution < -0.4 is 10.6 Å². The predicted octanol–water partition coefficient (Wildman–Crippen LogP) is 2.71. The Labute approximate surface area is 114 Å². The Morgan fingerprint density at radius 1 is 1.37 bits per heavy atom. The molecule has 2 N–H and O–H groups in total. The van der Waals surface area contributed by atoms with E-state index in [1.54, 1.807) is 0 Å². The maximum absolute atomic E-state index is 5.56. The monoisotopic (exact) mass is 258 g/mol. The van der Waals surface area contributed by atoms with Crippen molar-refractivity contribution in [2.24, 2.45) is 0 Å². The molecule has 1 aromatic carbocycles. The maximum Gasteiger partial charge on any atom is 0.134 e. The van der Waals surface area contributed by atoms with Crippen molar-refractivity contribution in [3.8, 4) is 0 Å². The summed E-state index contributed by atoms with van der Waals surface area (Å²) in [4.78, 5) is 0. The summed E-state index contributed by atoms with van der Waals surface area (Å²) in [5, 5.41) is 8.42. The average molecular weight is 258 g/mol. The number of para-hydroxylation sites is 1. The summed E-state index contributed by atoms with van der Waals surface area (Å²) in [5.41, 5.74) is 2.56. The lowest BCUT2D eigenvalue weighted by molar-refractivity contribution is 0.443. The third-order valence-corrected chi connectivity index (χ3v) is 3.97. The van der Waals surface area contributed by atoms with E-state index in [0.717, 1.165) is 25.1 Å². The molecule has 1 aliphatic rings. The van der Waals surface area contributed by atoms with Crippen molar-refractivity contribution in [3.63, 3.8) is 0 Å². The van der Waals surface area contributed by atoms with Gasteiger partial charge in [0.1, 0.15) is 5.58 Å². The van der Waals surface area contributed by atoms with E-state index in [0.29, 0.717) is 6.04 Å². The summed E-state index contributed by atoms with van der Waals surface area (Å²) in [5.74, 6) is 0. The van der Waals surface area contributed by atoms with Gasteiger partial charge in [-0.1, -0.05) is 18.2 Å². The first-order valence-corrected chi connectivity index (χ1v) is 7.08. The minimum atomic E-state index is 0.278. The fourth-order valence-electron chi connectivity index (χ4n) is 2.94. The van der Waals surface area contributed by atoms with E-state index in [1.165, 1.54) is 17.4 Å². The Balaban J connectivity index is 1.55. The molecule has 3 nitrogen and oxygen atoms in total. The minimum absolute atomic E-state index is 0.278. The molecule has 3 heteroatoms. The van der Waals surface area contributed by atoms with E-state index >= 15 is 0 Å². The van der Waals surface area contributed by atoms with Crippen LogP contribution in [0.2, 0.25) is 0 Å². The molecule has 1 aliphatic heterocycles. The number of nitrogens with one attached hydrogen (secondary N) is 2. The van der Waals surface area contributed by atoms with E-state index in [2.05, 4.69) is 36.6 Å². The van der Waals surface area contributed by atoms with Crippen molar-refractivity contribution in [2.75, 3.05) is 13.1 Å². The van der Waals surface area contributed by atoms with Gasteiger partial charge in [0.2, 0.25) is 0 Å². The summed E-state index contributed by atoms with van der Waals surface area (Å²) >= 11 is 0. The van der Waals surface area contributed by atoms with Gasteiger partial charge in [0.25, 0.3) is 0 Å². The third kappa shape index (κ3) is 2.82. The molecule has 3 rings (SSSR count). The van der Waals surface area contributed by atoms with E-state index < -0.39 is 0 Å². The van der Waals surface area contributed by atoms with Crippen LogP contribution in [0.15, 0.2) is 34.9 Å². The number of furan rings is 1. The van der Waals surface area contributed by atoms with E-state index in [1.807, 2.05) is 18.4 Å². The van der Waals surface area contributed by atoms with Crippen LogP contribution in [0, 0.1) is 0 Å². The van der Waals surface area contributed by atoms with Gasteiger partial charge < -0.3 is 15.1 Å². The van der Waals surface area contributed by atoms with Crippen LogP contribution in [0.4, 0.5) is 0 Å². The zero-order chi connectivity index (χ0) is 13.3. The van der Waals surface area contributed by atoms with Gasteiger partial charge in [-0.15, -0.1) is 0 Å². The van der Waals surface area contributed by atoms with Gasteiger partial charge in [-0.3, -0.25) is 0 Å². The molecule has 0 bridgehead atoms. The van der Waals surface area contributed by atoms with Gasteiger partial charge in [0.05, 0.1) is 6.26 Å². The van der Waals surface area contributed by atoms with Gasteiger partial charge in [0, 0.05) is 23.5 Å². The highest BCUT2D eigenvalue weighted by Crippen LogP contribution is 2.21. The standard InChI is InChI=1S/C16H22N2O/c1-16(2)9-13(10-18-16)17-8-7-12-11-19-15-6-4-3-5-14(12)15/h3-6,11,13,17-18H,7-10H2,1-2H3. The zero-order valence-electron chi connectivity index (χ0n) is 11.7. The topological polar surface area (TPSA) is 37.2 Å². The fraction of sp³-hybridized carbons (Fsp3) is 0.500. The molecule has 0 spiro atoms. The number of benzene rings is 1. The molecule has 2 heterocycles. The smallest absolute Gasteiger partial charge is 0.134 e.